The lowest BCUT2D eigenvalue weighted by Crippen LogP contribution is -2.39. The van der Waals surface area contributed by atoms with Gasteiger partial charge in [0, 0.05) is 27.2 Å². The summed E-state index contributed by atoms with van der Waals surface area (Å²) in [6.07, 6.45) is 0. The smallest absolute Gasteiger partial charge is 0.283 e. The topological polar surface area (TPSA) is 94.8 Å². The highest BCUT2D eigenvalue weighted by Crippen LogP contribution is 2.51. The summed E-state index contributed by atoms with van der Waals surface area (Å²) in [5, 5.41) is 19.5. The van der Waals surface area contributed by atoms with E-state index in [9.17, 15) is 23.2 Å². The molecule has 5 nitrogen and oxygen atoms in total. The molecule has 0 saturated carbocycles. The Hall–Kier alpha value is -1.67. The van der Waals surface area contributed by atoms with E-state index in [1.54, 1.807) is 0 Å². The molecule has 0 aliphatic heterocycles. The molecule has 1 atom stereocenters. The van der Waals surface area contributed by atoms with Gasteiger partial charge in [-0.05, 0) is 35.9 Å². The number of benzene rings is 3. The average Bonchev–Trinajstić information content (AvgIpc) is 2.61. The molecule has 3 N–H and O–H groups in total. The van der Waals surface area contributed by atoms with Crippen LogP contribution in [-0.4, -0.2) is 23.2 Å². The van der Waals surface area contributed by atoms with Crippen LogP contribution in [0.25, 0.3) is 0 Å². The van der Waals surface area contributed by atoms with E-state index >= 15 is 0 Å². The second-order valence-corrected chi connectivity index (χ2v) is 9.31. The number of rotatable bonds is 4. The van der Waals surface area contributed by atoms with Crippen molar-refractivity contribution in [1.29, 1.82) is 0 Å². The molecule has 0 amide bonds. The van der Waals surface area contributed by atoms with Crippen molar-refractivity contribution in [2.75, 3.05) is 0 Å². The summed E-state index contributed by atoms with van der Waals surface area (Å²) in [6, 6.07) is 11.2. The second-order valence-electron chi connectivity index (χ2n) is 6.12. The van der Waals surface area contributed by atoms with Gasteiger partial charge in [0.15, 0.2) is 4.75 Å². The summed E-state index contributed by atoms with van der Waals surface area (Å²) >= 11 is 24.7. The fourth-order valence-electron chi connectivity index (χ4n) is 3.19. The Morgan fingerprint density at radius 1 is 0.724 bits per heavy atom. The Morgan fingerprint density at radius 3 is 1.90 bits per heavy atom. The van der Waals surface area contributed by atoms with Crippen LogP contribution in [0.2, 0.25) is 20.1 Å². The number of halogens is 4. The Bertz CT molecular complexity index is 1200. The van der Waals surface area contributed by atoms with Crippen molar-refractivity contribution >= 4 is 56.5 Å². The van der Waals surface area contributed by atoms with Crippen LogP contribution < -0.4 is 0 Å². The third kappa shape index (κ3) is 3.77. The van der Waals surface area contributed by atoms with Gasteiger partial charge in [-0.1, -0.05) is 64.6 Å². The largest absolute Gasteiger partial charge is 0.508 e. The van der Waals surface area contributed by atoms with Crippen molar-refractivity contribution in [3.05, 3.63) is 91.4 Å². The molecule has 0 radical (unpaired) electrons. The Kier molecular flexibility index (Phi) is 5.98. The molecule has 0 aliphatic rings. The lowest BCUT2D eigenvalue weighted by atomic mass is 9.83. The molecule has 0 aliphatic carbocycles. The van der Waals surface area contributed by atoms with Crippen molar-refractivity contribution in [2.24, 2.45) is 0 Å². The predicted octanol–water partition coefficient (Wildman–Crippen LogP) is 5.89. The first kappa shape index (κ1) is 22.0. The molecule has 1 unspecified atom stereocenters. The van der Waals surface area contributed by atoms with Crippen molar-refractivity contribution in [3.8, 4) is 11.5 Å². The molecule has 3 aromatic rings. The zero-order chi connectivity index (χ0) is 21.6. The first-order valence-corrected chi connectivity index (χ1v) is 10.8. The van der Waals surface area contributed by atoms with Gasteiger partial charge in [0.25, 0.3) is 10.1 Å². The second kappa shape index (κ2) is 7.87. The minimum atomic E-state index is -5.05. The highest BCUT2D eigenvalue weighted by atomic mass is 35.5. The predicted molar refractivity (Wildman–Crippen MR) is 114 cm³/mol. The van der Waals surface area contributed by atoms with E-state index in [1.165, 1.54) is 42.5 Å². The molecule has 0 saturated heterocycles. The maximum atomic E-state index is 13.0. The number of aromatic hydroxyl groups is 2. The van der Waals surface area contributed by atoms with Crippen LogP contribution in [-0.2, 0) is 14.9 Å². The van der Waals surface area contributed by atoms with E-state index in [0.29, 0.717) is 0 Å². The van der Waals surface area contributed by atoms with Crippen LogP contribution in [0.1, 0.15) is 16.7 Å². The van der Waals surface area contributed by atoms with Gasteiger partial charge in [0.2, 0.25) is 0 Å². The minimum Gasteiger partial charge on any atom is -0.508 e. The summed E-state index contributed by atoms with van der Waals surface area (Å²) in [4.78, 5) is 0. The van der Waals surface area contributed by atoms with E-state index < -0.39 is 14.9 Å². The molecule has 3 rings (SSSR count). The fourth-order valence-corrected chi connectivity index (χ4v) is 5.64. The molecule has 0 heterocycles. The van der Waals surface area contributed by atoms with Crippen molar-refractivity contribution in [1.82, 2.24) is 0 Å². The highest BCUT2D eigenvalue weighted by molar-refractivity contribution is 7.87. The zero-order valence-electron chi connectivity index (χ0n) is 14.3. The fraction of sp³-hybridized carbons (Fsp3) is 0.0526. The lowest BCUT2D eigenvalue weighted by Gasteiger charge is -2.34. The maximum absolute atomic E-state index is 13.0. The van der Waals surface area contributed by atoms with E-state index in [-0.39, 0.29) is 48.3 Å². The standard InChI is InChI=1S/C19H12Cl4O5S/c20-11-3-6-14(16(21)7-11)19(29(26,27)28,10-1-4-12(24)5-2-10)15-8-13(25)9-17(22)18(15)23/h1-9,24-25H,(H,26,27,28). The third-order valence-corrected chi connectivity index (χ3v) is 7.16. The highest BCUT2D eigenvalue weighted by Gasteiger charge is 2.51. The van der Waals surface area contributed by atoms with Crippen LogP contribution in [0.5, 0.6) is 11.5 Å². The van der Waals surface area contributed by atoms with Gasteiger partial charge >= 0.3 is 0 Å². The molecular formula is C19H12Cl4O5S. The SMILES string of the molecule is O=S(=O)(O)C(c1ccc(O)cc1)(c1ccc(Cl)cc1Cl)c1cc(O)cc(Cl)c1Cl. The average molecular weight is 494 g/mol. The van der Waals surface area contributed by atoms with Gasteiger partial charge in [-0.3, -0.25) is 4.55 Å². The zero-order valence-corrected chi connectivity index (χ0v) is 18.1. The number of phenols is 2. The summed E-state index contributed by atoms with van der Waals surface area (Å²) in [5.41, 5.74) is -0.326. The van der Waals surface area contributed by atoms with Gasteiger partial charge < -0.3 is 10.2 Å². The summed E-state index contributed by atoms with van der Waals surface area (Å²) in [5.74, 6) is -0.522. The molecule has 0 aromatic heterocycles. The monoisotopic (exact) mass is 492 g/mol. The van der Waals surface area contributed by atoms with E-state index in [0.717, 1.165) is 12.1 Å². The van der Waals surface area contributed by atoms with Gasteiger partial charge in [-0.15, -0.1) is 0 Å². The molecule has 0 spiro atoms. The summed E-state index contributed by atoms with van der Waals surface area (Å²) < 4.78 is 34.0. The normalized spacial score (nSPS) is 13.8. The van der Waals surface area contributed by atoms with Crippen molar-refractivity contribution in [2.45, 2.75) is 4.75 Å². The number of phenolic OH excluding ortho intramolecular Hbond substituents is 2. The van der Waals surface area contributed by atoms with Crippen LogP contribution in [0.3, 0.4) is 0 Å². The summed E-state index contributed by atoms with van der Waals surface area (Å²) in [7, 11) is -5.05. The molecule has 0 bridgehead atoms. The van der Waals surface area contributed by atoms with E-state index in [1.807, 2.05) is 0 Å². The first-order chi connectivity index (χ1) is 13.5. The molecule has 3 aromatic carbocycles. The summed E-state index contributed by atoms with van der Waals surface area (Å²) in [6.45, 7) is 0. The van der Waals surface area contributed by atoms with Gasteiger partial charge in [0.05, 0.1) is 10.0 Å². The number of hydrogen-bond acceptors (Lipinski definition) is 4. The first-order valence-electron chi connectivity index (χ1n) is 7.89. The van der Waals surface area contributed by atoms with Crippen molar-refractivity contribution < 1.29 is 23.2 Å². The maximum Gasteiger partial charge on any atom is 0.283 e. The van der Waals surface area contributed by atoms with Crippen LogP contribution in [0, 0.1) is 0 Å². The van der Waals surface area contributed by atoms with Crippen molar-refractivity contribution in [3.63, 3.8) is 0 Å². The number of hydrogen-bond donors (Lipinski definition) is 3. The van der Waals surface area contributed by atoms with E-state index in [4.69, 9.17) is 46.4 Å². The quantitative estimate of drug-likeness (QED) is 0.311. The third-order valence-electron chi connectivity index (χ3n) is 4.36. The van der Waals surface area contributed by atoms with Gasteiger partial charge in [-0.2, -0.15) is 8.42 Å². The Labute approximate surface area is 186 Å². The van der Waals surface area contributed by atoms with Crippen LogP contribution in [0.15, 0.2) is 54.6 Å². The molecular weight excluding hydrogens is 482 g/mol. The van der Waals surface area contributed by atoms with Crippen LogP contribution in [0.4, 0.5) is 0 Å². The molecule has 152 valence electrons. The van der Waals surface area contributed by atoms with Gasteiger partial charge in [0.1, 0.15) is 11.5 Å². The Balaban J connectivity index is 2.61. The molecule has 10 heteroatoms. The Morgan fingerprint density at radius 2 is 1.34 bits per heavy atom. The van der Waals surface area contributed by atoms with E-state index in [2.05, 4.69) is 0 Å². The van der Waals surface area contributed by atoms with Crippen LogP contribution >= 0.6 is 46.4 Å². The molecule has 0 fully saturated rings. The molecule has 29 heavy (non-hydrogen) atoms. The lowest BCUT2D eigenvalue weighted by molar-refractivity contribution is 0.455. The minimum absolute atomic E-state index is 0.00871. The van der Waals surface area contributed by atoms with Gasteiger partial charge in [-0.25, -0.2) is 0 Å².